The molecular formula is C74H62ClF3N12O10S3. The number of amides is 3. The first kappa shape index (κ1) is 71.4. The van der Waals surface area contributed by atoms with Crippen LogP contribution in [0.2, 0.25) is 0 Å². The maximum Gasteiger partial charge on any atom is 0.281 e. The SMILES string of the molecule is CN(c1c2c(c(O)c3ncccc13)C(=O)N(Cc1ccc(F)cc1)C2)S(=O)(=O)c1ccccn1.CNc1c2c(c(C)c3ncccc13)C(=O)N(Cc1ccc(F)cc1)C2.Cc1c2c(c(N(C)S(=O)(=O)c3ccccn3)c3cccnc13)CN(Cc1ccc(F)cc1)C2=O.O=S(=O)(Cl)c1ccccn1. The van der Waals surface area contributed by atoms with Crippen LogP contribution in [0.15, 0.2) is 216 Å². The standard InChI is InChI=1S/C25H21FN4O3S.C24H19FN4O4S.C20H18FN3O.C5H4ClNO2S/c1-16-22-20(15-30(25(22)31)14-17-8-10-18(26)11-9-17)24(19-6-5-13-28-23(16)19)29(2)34(32,33)21-7-3-4-12-27-21;1-28(34(32,33)19-6-2-3-11-26-19)22-17-5-4-12-27-21(17)23(30)20-18(22)14-29(24(20)31)13-15-7-9-16(25)10-8-15;1-12-17-16(19(22-2)15-4-3-9-23-18(12)15)11-24(20(17)25)10-13-5-7-14(21)8-6-13;6-10(8,9)5-3-1-2-4-7-5/h3-13H,14-15H2,1-2H3;2-12,30H,13-14H2,1H3;3-9,22H,10-11H2,1-2H3;1-4H. The number of aromatic nitrogens is 6. The van der Waals surface area contributed by atoms with Crippen LogP contribution in [0.1, 0.15) is 75.6 Å². The number of rotatable bonds is 14. The van der Waals surface area contributed by atoms with Gasteiger partial charge in [0.2, 0.25) is 0 Å². The van der Waals surface area contributed by atoms with Gasteiger partial charge in [-0.15, -0.1) is 0 Å². The highest BCUT2D eigenvalue weighted by Gasteiger charge is 2.40. The summed E-state index contributed by atoms with van der Waals surface area (Å²) in [6, 6.07) is 42.5. The summed E-state index contributed by atoms with van der Waals surface area (Å²) < 4.78 is 117. The van der Waals surface area contributed by atoms with Crippen molar-refractivity contribution in [1.29, 1.82) is 0 Å². The smallest absolute Gasteiger partial charge is 0.281 e. The largest absolute Gasteiger partial charge is 0.505 e. The number of nitrogens with zero attached hydrogens (tertiary/aromatic N) is 11. The molecule has 0 saturated heterocycles. The normalized spacial score (nSPS) is 13.2. The molecule has 29 heteroatoms. The van der Waals surface area contributed by atoms with Gasteiger partial charge in [-0.3, -0.25) is 37.9 Å². The van der Waals surface area contributed by atoms with Crippen molar-refractivity contribution in [2.24, 2.45) is 0 Å². The van der Waals surface area contributed by atoms with Crippen LogP contribution in [0.25, 0.3) is 32.7 Å². The Labute approximate surface area is 594 Å². The molecule has 12 aromatic rings. The summed E-state index contributed by atoms with van der Waals surface area (Å²) in [5.41, 5.74) is 10.3. The van der Waals surface area contributed by atoms with Crippen LogP contribution >= 0.6 is 10.7 Å². The topological polar surface area (TPSA) is 279 Å². The van der Waals surface area contributed by atoms with Crippen molar-refractivity contribution < 1.29 is 57.9 Å². The summed E-state index contributed by atoms with van der Waals surface area (Å²) in [6.45, 7) is 5.47. The molecule has 3 amide bonds. The molecule has 2 N–H and O–H groups in total. The number of carbonyl (C=O) groups is 3. The van der Waals surface area contributed by atoms with Crippen LogP contribution in [-0.2, 0) is 68.4 Å². The minimum Gasteiger partial charge on any atom is -0.505 e. The number of sulfonamides is 2. The number of hydrogen-bond donors (Lipinski definition) is 2. The molecule has 0 bridgehead atoms. The predicted octanol–water partition coefficient (Wildman–Crippen LogP) is 12.4. The lowest BCUT2D eigenvalue weighted by Crippen LogP contribution is -2.29. The number of aromatic hydroxyl groups is 1. The molecule has 0 atom stereocenters. The summed E-state index contributed by atoms with van der Waals surface area (Å²) in [5, 5.41) is 15.9. The zero-order chi connectivity index (χ0) is 73.2. The van der Waals surface area contributed by atoms with Crippen LogP contribution in [0.4, 0.5) is 30.2 Å². The van der Waals surface area contributed by atoms with E-state index in [1.54, 1.807) is 113 Å². The van der Waals surface area contributed by atoms with Crippen molar-refractivity contribution in [2.45, 2.75) is 68.2 Å². The number of hydrogen-bond acceptors (Lipinski definition) is 17. The van der Waals surface area contributed by atoms with E-state index in [1.807, 2.05) is 39.1 Å². The lowest BCUT2D eigenvalue weighted by molar-refractivity contribution is 0.0758. The van der Waals surface area contributed by atoms with Gasteiger partial charge >= 0.3 is 0 Å². The molecule has 22 nitrogen and oxygen atoms in total. The number of benzene rings is 6. The maximum absolute atomic E-state index is 13.5. The van der Waals surface area contributed by atoms with E-state index in [-0.39, 0.29) is 87.2 Å². The zero-order valence-electron chi connectivity index (χ0n) is 55.6. The Bertz CT molecular complexity index is 5420. The van der Waals surface area contributed by atoms with E-state index in [2.05, 4.69) is 35.2 Å². The molecule has 3 aliphatic heterocycles. The molecule has 6 aromatic carbocycles. The van der Waals surface area contributed by atoms with Crippen molar-refractivity contribution in [3.63, 3.8) is 0 Å². The predicted molar refractivity (Wildman–Crippen MR) is 383 cm³/mol. The second-order valence-electron chi connectivity index (χ2n) is 23.9. The molecule has 0 aliphatic carbocycles. The van der Waals surface area contributed by atoms with Gasteiger partial charge in [-0.2, -0.15) is 16.8 Å². The van der Waals surface area contributed by atoms with Gasteiger partial charge in [0, 0.05) is 147 Å². The highest BCUT2D eigenvalue weighted by atomic mass is 35.7. The van der Waals surface area contributed by atoms with E-state index in [0.29, 0.717) is 62.9 Å². The highest BCUT2D eigenvalue weighted by Crippen LogP contribution is 2.46. The summed E-state index contributed by atoms with van der Waals surface area (Å²) in [6.07, 6.45) is 9.01. The Morgan fingerprint density at radius 3 is 1.15 bits per heavy atom. The summed E-state index contributed by atoms with van der Waals surface area (Å²) in [7, 11) is -2.02. The van der Waals surface area contributed by atoms with Crippen LogP contribution in [0, 0.1) is 31.3 Å². The van der Waals surface area contributed by atoms with Gasteiger partial charge in [0.25, 0.3) is 46.8 Å². The van der Waals surface area contributed by atoms with E-state index in [9.17, 15) is 57.9 Å². The molecule has 0 fully saturated rings. The fourth-order valence-corrected chi connectivity index (χ4v) is 15.8. The third kappa shape index (κ3) is 14.2. The first-order chi connectivity index (χ1) is 49.3. The number of carbonyl (C=O) groups excluding carboxylic acids is 3. The van der Waals surface area contributed by atoms with Gasteiger partial charge in [0.05, 0.1) is 39.1 Å². The van der Waals surface area contributed by atoms with Gasteiger partial charge < -0.3 is 25.1 Å². The number of aryl methyl sites for hydroxylation is 2. The summed E-state index contributed by atoms with van der Waals surface area (Å²) >= 11 is 0. The molecule has 9 heterocycles. The minimum atomic E-state index is -4.08. The number of phenols is 1. The molecular weight excluding hydrogens is 1410 g/mol. The van der Waals surface area contributed by atoms with Crippen LogP contribution < -0.4 is 13.9 Å². The quantitative estimate of drug-likeness (QED) is 0.0957. The van der Waals surface area contributed by atoms with Gasteiger partial charge in [0.15, 0.2) is 20.8 Å². The second kappa shape index (κ2) is 29.2. The summed E-state index contributed by atoms with van der Waals surface area (Å²) in [4.78, 5) is 69.4. The number of halogens is 4. The molecule has 0 radical (unpaired) electrons. The number of nitrogens with one attached hydrogen (secondary N) is 1. The van der Waals surface area contributed by atoms with Gasteiger partial charge in [-0.25, -0.2) is 36.5 Å². The Hall–Kier alpha value is -11.5. The average Bonchev–Trinajstić information content (AvgIpc) is 1.67. The number of phenolic OH excluding ortho intramolecular Hbond substituents is 1. The first-order valence-electron chi connectivity index (χ1n) is 31.7. The first-order valence-corrected chi connectivity index (χ1v) is 36.8. The molecule has 524 valence electrons. The molecule has 103 heavy (non-hydrogen) atoms. The second-order valence-corrected chi connectivity index (χ2v) is 30.3. The van der Waals surface area contributed by atoms with E-state index in [1.165, 1.54) is 103 Å². The Morgan fingerprint density at radius 2 is 0.767 bits per heavy atom. The van der Waals surface area contributed by atoms with Crippen LogP contribution in [-0.4, -0.2) is 114 Å². The molecule has 0 spiro atoms. The van der Waals surface area contributed by atoms with Crippen LogP contribution in [0.3, 0.4) is 0 Å². The van der Waals surface area contributed by atoms with Crippen molar-refractivity contribution in [1.82, 2.24) is 44.6 Å². The lowest BCUT2D eigenvalue weighted by atomic mass is 9.97. The molecule has 15 rings (SSSR count). The van der Waals surface area contributed by atoms with E-state index in [0.717, 1.165) is 48.7 Å². The van der Waals surface area contributed by atoms with Crippen molar-refractivity contribution >= 4 is 107 Å². The van der Waals surface area contributed by atoms with Crippen molar-refractivity contribution in [3.8, 4) is 5.75 Å². The number of pyridine rings is 6. The third-order valence-electron chi connectivity index (χ3n) is 17.6. The molecule has 6 aromatic heterocycles. The van der Waals surface area contributed by atoms with Crippen LogP contribution in [0.5, 0.6) is 5.75 Å². The van der Waals surface area contributed by atoms with E-state index >= 15 is 0 Å². The third-order valence-corrected chi connectivity index (χ3v) is 22.2. The maximum atomic E-state index is 13.5. The fourth-order valence-electron chi connectivity index (χ4n) is 12.8. The Morgan fingerprint density at radius 1 is 0.437 bits per heavy atom. The van der Waals surface area contributed by atoms with Crippen molar-refractivity contribution in [3.05, 3.63) is 280 Å². The lowest BCUT2D eigenvalue weighted by Gasteiger charge is -2.24. The van der Waals surface area contributed by atoms with E-state index < -0.39 is 40.8 Å². The fraction of sp³-hybridized carbons (Fsp3) is 0.149. The van der Waals surface area contributed by atoms with Gasteiger partial charge in [-0.1, -0.05) is 54.6 Å². The monoisotopic (exact) mass is 1470 g/mol. The zero-order valence-corrected chi connectivity index (χ0v) is 58.8. The molecule has 0 unspecified atom stereocenters. The number of anilines is 3. The average molecular weight is 1470 g/mol. The Balaban J connectivity index is 0.000000137. The molecule has 0 saturated carbocycles. The minimum absolute atomic E-state index is 0.000813. The van der Waals surface area contributed by atoms with Gasteiger partial charge in [-0.05, 0) is 151 Å². The highest BCUT2D eigenvalue weighted by molar-refractivity contribution is 8.13. The Kier molecular flexibility index (Phi) is 20.3. The van der Waals surface area contributed by atoms with Gasteiger partial charge in [0.1, 0.15) is 23.0 Å². The summed E-state index contributed by atoms with van der Waals surface area (Å²) in [5.74, 6) is -1.99. The van der Waals surface area contributed by atoms with E-state index in [4.69, 9.17) is 10.7 Å². The number of fused-ring (bicyclic) bond motifs is 6. The van der Waals surface area contributed by atoms with Crippen molar-refractivity contribution in [2.75, 3.05) is 35.1 Å². The molecule has 3 aliphatic rings.